The Labute approximate surface area is 146 Å². The van der Waals surface area contributed by atoms with Crippen molar-refractivity contribution in [3.63, 3.8) is 0 Å². The van der Waals surface area contributed by atoms with Gasteiger partial charge in [-0.15, -0.1) is 0 Å². The molecule has 0 saturated carbocycles. The van der Waals surface area contributed by atoms with Crippen molar-refractivity contribution in [2.24, 2.45) is 0 Å². The van der Waals surface area contributed by atoms with Crippen LogP contribution < -0.4 is 14.8 Å². The van der Waals surface area contributed by atoms with Gasteiger partial charge in [-0.25, -0.2) is 9.18 Å². The normalized spacial score (nSPS) is 16.6. The van der Waals surface area contributed by atoms with Gasteiger partial charge in [-0.3, -0.25) is 0 Å². The average molecular weight is 344 g/mol. The molecule has 0 bridgehead atoms. The average Bonchev–Trinajstić information content (AvgIpc) is 3.11. The van der Waals surface area contributed by atoms with Crippen molar-refractivity contribution in [3.8, 4) is 11.5 Å². The first kappa shape index (κ1) is 17.1. The van der Waals surface area contributed by atoms with Crippen LogP contribution in [0.2, 0.25) is 0 Å². The van der Waals surface area contributed by atoms with Crippen LogP contribution in [0.4, 0.5) is 14.9 Å². The number of ether oxygens (including phenoxy) is 2. The van der Waals surface area contributed by atoms with Gasteiger partial charge >= 0.3 is 6.03 Å². The standard InChI is InChI=1S/C19H21FN2O3/c1-24-17-9-8-15(12-18(17)25-2)21-19(23)22-10-4-7-16(22)13-5-3-6-14(20)11-13/h3,5-6,8-9,11-12,16H,4,7,10H2,1-2H3,(H,21,23)/t16-/m0/s1. The molecule has 25 heavy (non-hydrogen) atoms. The fourth-order valence-corrected chi connectivity index (χ4v) is 3.18. The fourth-order valence-electron chi connectivity index (χ4n) is 3.18. The smallest absolute Gasteiger partial charge is 0.322 e. The van der Waals surface area contributed by atoms with Gasteiger partial charge in [-0.1, -0.05) is 12.1 Å². The van der Waals surface area contributed by atoms with Crippen LogP contribution >= 0.6 is 0 Å². The molecule has 5 nitrogen and oxygen atoms in total. The molecule has 1 atom stereocenters. The molecule has 1 fully saturated rings. The number of methoxy groups -OCH3 is 2. The lowest BCUT2D eigenvalue weighted by molar-refractivity contribution is 0.207. The van der Waals surface area contributed by atoms with Crippen LogP contribution in [0.3, 0.4) is 0 Å². The number of amides is 2. The molecular formula is C19H21FN2O3. The molecule has 1 heterocycles. The van der Waals surface area contributed by atoms with E-state index >= 15 is 0 Å². The van der Waals surface area contributed by atoms with E-state index in [1.807, 2.05) is 6.07 Å². The lowest BCUT2D eigenvalue weighted by Gasteiger charge is -2.25. The predicted octanol–water partition coefficient (Wildman–Crippen LogP) is 4.21. The van der Waals surface area contributed by atoms with Crippen molar-refractivity contribution >= 4 is 11.7 Å². The zero-order chi connectivity index (χ0) is 17.8. The van der Waals surface area contributed by atoms with Gasteiger partial charge < -0.3 is 19.7 Å². The maximum atomic E-state index is 13.5. The Morgan fingerprint density at radius 2 is 1.96 bits per heavy atom. The molecule has 0 aliphatic carbocycles. The highest BCUT2D eigenvalue weighted by Crippen LogP contribution is 2.34. The zero-order valence-corrected chi connectivity index (χ0v) is 14.3. The van der Waals surface area contributed by atoms with Crippen LogP contribution in [-0.4, -0.2) is 31.7 Å². The Kier molecular flexibility index (Phi) is 5.07. The van der Waals surface area contributed by atoms with E-state index in [9.17, 15) is 9.18 Å². The molecule has 3 rings (SSSR count). The summed E-state index contributed by atoms with van der Waals surface area (Å²) in [5.41, 5.74) is 1.44. The number of rotatable bonds is 4. The van der Waals surface area contributed by atoms with Gasteiger partial charge in [0.15, 0.2) is 11.5 Å². The van der Waals surface area contributed by atoms with Gasteiger partial charge in [-0.05, 0) is 42.7 Å². The summed E-state index contributed by atoms with van der Waals surface area (Å²) in [5, 5.41) is 2.88. The van der Waals surface area contributed by atoms with Gasteiger partial charge in [0.1, 0.15) is 5.82 Å². The highest BCUT2D eigenvalue weighted by molar-refractivity contribution is 5.90. The molecule has 132 valence electrons. The van der Waals surface area contributed by atoms with Crippen molar-refractivity contribution in [2.75, 3.05) is 26.1 Å². The van der Waals surface area contributed by atoms with Crippen molar-refractivity contribution in [3.05, 3.63) is 53.8 Å². The summed E-state index contributed by atoms with van der Waals surface area (Å²) in [5.74, 6) is 0.854. The maximum absolute atomic E-state index is 13.5. The molecule has 0 spiro atoms. The molecule has 1 aliphatic heterocycles. The lowest BCUT2D eigenvalue weighted by atomic mass is 10.0. The topological polar surface area (TPSA) is 50.8 Å². The Balaban J connectivity index is 1.76. The van der Waals surface area contributed by atoms with Crippen LogP contribution in [0.15, 0.2) is 42.5 Å². The summed E-state index contributed by atoms with van der Waals surface area (Å²) >= 11 is 0. The summed E-state index contributed by atoms with van der Waals surface area (Å²) in [6.45, 7) is 0.639. The van der Waals surface area contributed by atoms with Crippen molar-refractivity contribution in [2.45, 2.75) is 18.9 Å². The number of carbonyl (C=O) groups is 1. The summed E-state index contributed by atoms with van der Waals surface area (Å²) in [4.78, 5) is 14.4. The van der Waals surface area contributed by atoms with Crippen molar-refractivity contribution in [1.29, 1.82) is 0 Å². The van der Waals surface area contributed by atoms with Crippen molar-refractivity contribution in [1.82, 2.24) is 4.90 Å². The molecule has 1 aliphatic rings. The van der Waals surface area contributed by atoms with Gasteiger partial charge in [0, 0.05) is 18.3 Å². The second-order valence-electron chi connectivity index (χ2n) is 5.91. The van der Waals surface area contributed by atoms with E-state index in [1.165, 1.54) is 12.1 Å². The number of anilines is 1. The molecule has 2 amide bonds. The Morgan fingerprint density at radius 3 is 2.68 bits per heavy atom. The van der Waals surface area contributed by atoms with Crippen LogP contribution in [0.5, 0.6) is 11.5 Å². The minimum atomic E-state index is -0.287. The first-order valence-electron chi connectivity index (χ1n) is 8.17. The van der Waals surface area contributed by atoms with E-state index in [1.54, 1.807) is 43.4 Å². The maximum Gasteiger partial charge on any atom is 0.322 e. The van der Waals surface area contributed by atoms with E-state index in [0.717, 1.165) is 18.4 Å². The highest BCUT2D eigenvalue weighted by atomic mass is 19.1. The summed E-state index contributed by atoms with van der Waals surface area (Å²) < 4.78 is 24.0. The van der Waals surface area contributed by atoms with E-state index in [2.05, 4.69) is 5.32 Å². The number of hydrogen-bond acceptors (Lipinski definition) is 3. The monoisotopic (exact) mass is 344 g/mol. The van der Waals surface area contributed by atoms with Gasteiger partial charge in [0.25, 0.3) is 0 Å². The first-order chi connectivity index (χ1) is 12.1. The molecule has 6 heteroatoms. The highest BCUT2D eigenvalue weighted by Gasteiger charge is 2.30. The Morgan fingerprint density at radius 1 is 1.16 bits per heavy atom. The third-order valence-electron chi connectivity index (χ3n) is 4.38. The van der Waals surface area contributed by atoms with Gasteiger partial charge in [0.05, 0.1) is 20.3 Å². The van der Waals surface area contributed by atoms with Crippen LogP contribution in [0.25, 0.3) is 0 Å². The van der Waals surface area contributed by atoms with Gasteiger partial charge in [0.2, 0.25) is 0 Å². The van der Waals surface area contributed by atoms with Crippen LogP contribution in [0, 0.1) is 5.82 Å². The Hall–Kier alpha value is -2.76. The SMILES string of the molecule is COc1ccc(NC(=O)N2CCC[C@H]2c2cccc(F)c2)cc1OC. The summed E-state index contributed by atoms with van der Waals surface area (Å²) in [6.07, 6.45) is 1.71. The van der Waals surface area contributed by atoms with Crippen LogP contribution in [-0.2, 0) is 0 Å². The summed E-state index contributed by atoms with van der Waals surface area (Å²) in [6, 6.07) is 11.3. The molecule has 2 aromatic rings. The van der Waals surface area contributed by atoms with E-state index in [4.69, 9.17) is 9.47 Å². The Bertz CT molecular complexity index is 766. The number of carbonyl (C=O) groups excluding carboxylic acids is 1. The number of benzene rings is 2. The van der Waals surface area contributed by atoms with E-state index in [0.29, 0.717) is 23.7 Å². The fraction of sp³-hybridized carbons (Fsp3) is 0.316. The molecule has 1 N–H and O–H groups in total. The third kappa shape index (κ3) is 3.68. The molecular weight excluding hydrogens is 323 g/mol. The quantitative estimate of drug-likeness (QED) is 0.904. The molecule has 0 aromatic heterocycles. The molecule has 1 saturated heterocycles. The minimum absolute atomic E-state index is 0.115. The summed E-state index contributed by atoms with van der Waals surface area (Å²) in [7, 11) is 3.10. The molecule has 0 unspecified atom stereocenters. The lowest BCUT2D eigenvalue weighted by Crippen LogP contribution is -2.34. The minimum Gasteiger partial charge on any atom is -0.493 e. The number of urea groups is 1. The number of likely N-dealkylation sites (tertiary alicyclic amines) is 1. The van der Waals surface area contributed by atoms with E-state index < -0.39 is 0 Å². The zero-order valence-electron chi connectivity index (χ0n) is 14.3. The number of hydrogen-bond donors (Lipinski definition) is 1. The van der Waals surface area contributed by atoms with Gasteiger partial charge in [-0.2, -0.15) is 0 Å². The second kappa shape index (κ2) is 7.42. The van der Waals surface area contributed by atoms with Crippen molar-refractivity contribution < 1.29 is 18.7 Å². The van der Waals surface area contributed by atoms with E-state index in [-0.39, 0.29) is 17.9 Å². The largest absolute Gasteiger partial charge is 0.493 e. The second-order valence-corrected chi connectivity index (χ2v) is 5.91. The predicted molar refractivity (Wildman–Crippen MR) is 93.6 cm³/mol. The number of nitrogens with one attached hydrogen (secondary N) is 1. The third-order valence-corrected chi connectivity index (χ3v) is 4.38. The number of halogens is 1. The molecule has 2 aromatic carbocycles. The van der Waals surface area contributed by atoms with Crippen LogP contribution in [0.1, 0.15) is 24.4 Å². The first-order valence-corrected chi connectivity index (χ1v) is 8.17. The molecule has 0 radical (unpaired) electrons. The number of nitrogens with zero attached hydrogens (tertiary/aromatic N) is 1.